The van der Waals surface area contributed by atoms with Gasteiger partial charge in [0.1, 0.15) is 0 Å². The van der Waals surface area contributed by atoms with Gasteiger partial charge in [-0.3, -0.25) is 4.79 Å². The second kappa shape index (κ2) is 5.25. The maximum Gasteiger partial charge on any atom is 0.222 e. The van der Waals surface area contributed by atoms with Crippen LogP contribution in [0.5, 0.6) is 0 Å². The van der Waals surface area contributed by atoms with Crippen molar-refractivity contribution < 1.29 is 4.79 Å². The standard InChI is InChI=1S/C14H15ClN4O/c15-12-10-5-1-2-6-11(10)14(18-17-12)19-7-3-4-9(8-19)13(16)20/h1-2,5-6,9H,3-4,7-8H2,(H2,16,20). The minimum atomic E-state index is -0.249. The van der Waals surface area contributed by atoms with E-state index in [2.05, 4.69) is 15.1 Å². The van der Waals surface area contributed by atoms with E-state index in [0.717, 1.165) is 36.0 Å². The Kier molecular flexibility index (Phi) is 3.44. The van der Waals surface area contributed by atoms with E-state index in [1.807, 2.05) is 24.3 Å². The lowest BCUT2D eigenvalue weighted by Crippen LogP contribution is -2.41. The monoisotopic (exact) mass is 290 g/mol. The van der Waals surface area contributed by atoms with Crippen LogP contribution in [-0.2, 0) is 4.79 Å². The third-order valence-electron chi connectivity index (χ3n) is 3.75. The number of carbonyl (C=O) groups is 1. The highest BCUT2D eigenvalue weighted by Crippen LogP contribution is 2.30. The molecule has 0 spiro atoms. The highest BCUT2D eigenvalue weighted by atomic mass is 35.5. The molecule has 0 bridgehead atoms. The molecule has 0 aliphatic carbocycles. The number of piperidine rings is 1. The molecular formula is C14H15ClN4O. The van der Waals surface area contributed by atoms with E-state index in [4.69, 9.17) is 17.3 Å². The first-order chi connectivity index (χ1) is 9.66. The maximum atomic E-state index is 11.4. The molecule has 0 radical (unpaired) electrons. The predicted molar refractivity (Wildman–Crippen MR) is 78.7 cm³/mol. The number of nitrogens with zero attached hydrogens (tertiary/aromatic N) is 3. The summed E-state index contributed by atoms with van der Waals surface area (Å²) in [5, 5.41) is 10.5. The van der Waals surface area contributed by atoms with Gasteiger partial charge in [0.2, 0.25) is 5.91 Å². The van der Waals surface area contributed by atoms with E-state index in [9.17, 15) is 4.79 Å². The van der Waals surface area contributed by atoms with E-state index in [-0.39, 0.29) is 11.8 Å². The molecule has 1 aromatic heterocycles. The Labute approximate surface area is 121 Å². The van der Waals surface area contributed by atoms with Gasteiger partial charge >= 0.3 is 0 Å². The average molecular weight is 291 g/mol. The second-order valence-electron chi connectivity index (χ2n) is 5.05. The van der Waals surface area contributed by atoms with Crippen LogP contribution in [0, 0.1) is 5.92 Å². The lowest BCUT2D eigenvalue weighted by molar-refractivity contribution is -0.122. The quantitative estimate of drug-likeness (QED) is 0.918. The Morgan fingerprint density at radius 1 is 1.30 bits per heavy atom. The molecule has 1 aliphatic rings. The number of rotatable bonds is 2. The molecule has 2 N–H and O–H groups in total. The van der Waals surface area contributed by atoms with Gasteiger partial charge in [0, 0.05) is 23.9 Å². The zero-order chi connectivity index (χ0) is 14.1. The minimum absolute atomic E-state index is 0.125. The topological polar surface area (TPSA) is 72.1 Å². The van der Waals surface area contributed by atoms with E-state index in [1.165, 1.54) is 0 Å². The summed E-state index contributed by atoms with van der Waals surface area (Å²) in [4.78, 5) is 13.5. The summed E-state index contributed by atoms with van der Waals surface area (Å²) in [6, 6.07) is 7.76. The Balaban J connectivity index is 2.02. The molecule has 6 heteroatoms. The van der Waals surface area contributed by atoms with Crippen LogP contribution in [0.15, 0.2) is 24.3 Å². The molecule has 1 aliphatic heterocycles. The summed E-state index contributed by atoms with van der Waals surface area (Å²) in [5.74, 6) is 0.400. The van der Waals surface area contributed by atoms with Crippen molar-refractivity contribution in [2.75, 3.05) is 18.0 Å². The fourth-order valence-corrected chi connectivity index (χ4v) is 2.89. The summed E-state index contributed by atoms with van der Waals surface area (Å²) < 4.78 is 0. The van der Waals surface area contributed by atoms with E-state index in [1.54, 1.807) is 0 Å². The number of hydrogen-bond acceptors (Lipinski definition) is 4. The molecule has 1 aromatic carbocycles. The van der Waals surface area contributed by atoms with Gasteiger partial charge < -0.3 is 10.6 Å². The van der Waals surface area contributed by atoms with Crippen LogP contribution in [0.3, 0.4) is 0 Å². The number of nitrogens with two attached hydrogens (primary N) is 1. The van der Waals surface area contributed by atoms with Crippen molar-refractivity contribution in [3.8, 4) is 0 Å². The first-order valence-electron chi connectivity index (χ1n) is 6.62. The minimum Gasteiger partial charge on any atom is -0.369 e. The number of primary amides is 1. The summed E-state index contributed by atoms with van der Waals surface area (Å²) in [5.41, 5.74) is 5.42. The zero-order valence-electron chi connectivity index (χ0n) is 10.9. The fraction of sp³-hybridized carbons (Fsp3) is 0.357. The van der Waals surface area contributed by atoms with Crippen molar-refractivity contribution in [1.29, 1.82) is 0 Å². The van der Waals surface area contributed by atoms with Crippen molar-refractivity contribution in [1.82, 2.24) is 10.2 Å². The molecule has 0 saturated carbocycles. The van der Waals surface area contributed by atoms with Crippen LogP contribution in [0.2, 0.25) is 5.15 Å². The molecule has 104 valence electrons. The molecule has 20 heavy (non-hydrogen) atoms. The largest absolute Gasteiger partial charge is 0.369 e. The number of aromatic nitrogens is 2. The molecule has 1 saturated heterocycles. The van der Waals surface area contributed by atoms with Crippen molar-refractivity contribution in [2.24, 2.45) is 11.7 Å². The van der Waals surface area contributed by atoms with Crippen molar-refractivity contribution in [3.05, 3.63) is 29.4 Å². The van der Waals surface area contributed by atoms with Crippen molar-refractivity contribution >= 4 is 34.1 Å². The lowest BCUT2D eigenvalue weighted by Gasteiger charge is -2.32. The highest BCUT2D eigenvalue weighted by Gasteiger charge is 2.26. The SMILES string of the molecule is NC(=O)C1CCCN(c2nnc(Cl)c3ccccc23)C1. The Hall–Kier alpha value is -1.88. The first kappa shape index (κ1) is 13.1. The van der Waals surface area contributed by atoms with Crippen LogP contribution in [0.25, 0.3) is 10.8 Å². The summed E-state index contributed by atoms with van der Waals surface area (Å²) >= 11 is 6.08. The number of hydrogen-bond donors (Lipinski definition) is 1. The normalized spacial score (nSPS) is 19.2. The number of carbonyl (C=O) groups excluding carboxylic acids is 1. The fourth-order valence-electron chi connectivity index (χ4n) is 2.69. The van der Waals surface area contributed by atoms with Crippen molar-refractivity contribution in [2.45, 2.75) is 12.8 Å². The second-order valence-corrected chi connectivity index (χ2v) is 5.41. The maximum absolute atomic E-state index is 11.4. The van der Waals surface area contributed by atoms with Crippen LogP contribution in [0.4, 0.5) is 5.82 Å². The highest BCUT2D eigenvalue weighted by molar-refractivity contribution is 6.34. The Morgan fingerprint density at radius 2 is 2.05 bits per heavy atom. The summed E-state index contributed by atoms with van der Waals surface area (Å²) in [6.07, 6.45) is 1.76. The van der Waals surface area contributed by atoms with Crippen LogP contribution in [0.1, 0.15) is 12.8 Å². The van der Waals surface area contributed by atoms with Crippen LogP contribution in [-0.4, -0.2) is 29.2 Å². The van der Waals surface area contributed by atoms with Gasteiger partial charge in [0.05, 0.1) is 5.92 Å². The van der Waals surface area contributed by atoms with Crippen LogP contribution < -0.4 is 10.6 Å². The molecular weight excluding hydrogens is 276 g/mol. The number of fused-ring (bicyclic) bond motifs is 1. The lowest BCUT2D eigenvalue weighted by atomic mass is 9.97. The molecule has 1 unspecified atom stereocenters. The van der Waals surface area contributed by atoms with Gasteiger partial charge in [-0.05, 0) is 12.8 Å². The van der Waals surface area contributed by atoms with E-state index in [0.29, 0.717) is 11.7 Å². The third-order valence-corrected chi connectivity index (χ3v) is 4.03. The number of halogens is 1. The summed E-state index contributed by atoms with van der Waals surface area (Å²) in [7, 11) is 0. The van der Waals surface area contributed by atoms with Gasteiger partial charge in [-0.1, -0.05) is 35.9 Å². The Bertz CT molecular complexity index is 661. The first-order valence-corrected chi connectivity index (χ1v) is 7.00. The molecule has 2 aromatic rings. The Morgan fingerprint density at radius 3 is 2.80 bits per heavy atom. The average Bonchev–Trinajstić information content (AvgIpc) is 2.48. The van der Waals surface area contributed by atoms with E-state index >= 15 is 0 Å². The van der Waals surface area contributed by atoms with Crippen molar-refractivity contribution in [3.63, 3.8) is 0 Å². The number of amides is 1. The molecule has 1 atom stereocenters. The number of benzene rings is 1. The van der Waals surface area contributed by atoms with Gasteiger partial charge in [-0.25, -0.2) is 0 Å². The number of anilines is 1. The third kappa shape index (κ3) is 2.29. The smallest absolute Gasteiger partial charge is 0.222 e. The summed E-state index contributed by atoms with van der Waals surface area (Å²) in [6.45, 7) is 1.44. The van der Waals surface area contributed by atoms with Gasteiger partial charge in [0.25, 0.3) is 0 Å². The predicted octanol–water partition coefficient (Wildman–Crippen LogP) is 1.98. The molecule has 2 heterocycles. The molecule has 1 amide bonds. The van der Waals surface area contributed by atoms with Gasteiger partial charge in [-0.15, -0.1) is 10.2 Å². The zero-order valence-corrected chi connectivity index (χ0v) is 11.7. The molecule has 1 fully saturated rings. The molecule has 5 nitrogen and oxygen atoms in total. The molecule has 3 rings (SSSR count). The van der Waals surface area contributed by atoms with E-state index < -0.39 is 0 Å². The van der Waals surface area contributed by atoms with Crippen LogP contribution >= 0.6 is 11.6 Å². The van der Waals surface area contributed by atoms with Gasteiger partial charge in [0.15, 0.2) is 11.0 Å². The van der Waals surface area contributed by atoms with Gasteiger partial charge in [-0.2, -0.15) is 0 Å².